The number of amides is 2. The second-order valence-electron chi connectivity index (χ2n) is 8.06. The molecule has 2 amide bonds. The molecule has 3 aromatic carbocycles. The van der Waals surface area contributed by atoms with Gasteiger partial charge in [0, 0.05) is 17.7 Å². The average Bonchev–Trinajstić information content (AvgIpc) is 3.42. The molecule has 1 unspecified atom stereocenters. The molecule has 0 aromatic heterocycles. The van der Waals surface area contributed by atoms with Gasteiger partial charge in [0.05, 0.1) is 50.1 Å². The number of alkyl halides is 2. The lowest BCUT2D eigenvalue weighted by molar-refractivity contribution is -0.117. The monoisotopic (exact) mass is 623 g/mol. The molecule has 1 fully saturated rings. The van der Waals surface area contributed by atoms with Gasteiger partial charge in [-0.25, -0.2) is 4.39 Å². The van der Waals surface area contributed by atoms with E-state index in [1.807, 2.05) is 0 Å². The molecule has 1 aliphatic rings. The molecule has 0 aliphatic heterocycles. The Labute approximate surface area is 241 Å². The molecule has 2 atom stereocenters. The number of rotatable bonds is 7. The maximum Gasteiger partial charge on any atom is 0.257 e. The number of nitrogens with one attached hydrogen (secondary N) is 3. The fourth-order valence-corrected chi connectivity index (χ4v) is 5.47. The third-order valence-corrected chi connectivity index (χ3v) is 8.09. The second kappa shape index (κ2) is 11.0. The molecule has 194 valence electrons. The summed E-state index contributed by atoms with van der Waals surface area (Å²) >= 11 is 37.3. The highest BCUT2D eigenvalue weighted by Crippen LogP contribution is 2.65. The number of hydrogen-bond acceptors (Lipinski definition) is 4. The van der Waals surface area contributed by atoms with E-state index in [0.717, 1.165) is 6.07 Å². The van der Waals surface area contributed by atoms with Crippen LogP contribution in [-0.4, -0.2) is 23.3 Å². The number of benzene rings is 3. The Balaban J connectivity index is 1.52. The van der Waals surface area contributed by atoms with Crippen LogP contribution in [0.15, 0.2) is 48.5 Å². The summed E-state index contributed by atoms with van der Waals surface area (Å²) in [4.78, 5) is 30.8. The van der Waals surface area contributed by atoms with Crippen molar-refractivity contribution in [3.05, 3.63) is 85.6 Å². The lowest BCUT2D eigenvalue weighted by atomic mass is 10.1. The lowest BCUT2D eigenvalue weighted by Crippen LogP contribution is -2.18. The normalized spacial score (nSPS) is 17.7. The molecule has 0 spiro atoms. The fraction of sp³-hybridized carbons (Fsp3) is 0.167. The number of anilines is 3. The van der Waals surface area contributed by atoms with Crippen molar-refractivity contribution >= 4 is 98.5 Å². The van der Waals surface area contributed by atoms with Crippen LogP contribution in [0.3, 0.4) is 0 Å². The van der Waals surface area contributed by atoms with Gasteiger partial charge in [-0.1, -0.05) is 46.4 Å². The van der Waals surface area contributed by atoms with E-state index in [0.29, 0.717) is 5.56 Å². The average molecular weight is 626 g/mol. The zero-order valence-electron chi connectivity index (χ0n) is 18.6. The first-order chi connectivity index (χ1) is 17.4. The molecule has 0 radical (unpaired) electrons. The summed E-state index contributed by atoms with van der Waals surface area (Å²) in [6.45, 7) is 0. The Morgan fingerprint density at radius 1 is 0.892 bits per heavy atom. The van der Waals surface area contributed by atoms with Crippen molar-refractivity contribution < 1.29 is 18.8 Å². The van der Waals surface area contributed by atoms with Crippen molar-refractivity contribution in [3.63, 3.8) is 0 Å². The fourth-order valence-electron chi connectivity index (χ4n) is 3.83. The molecule has 3 N–H and O–H groups in total. The maximum absolute atomic E-state index is 13.6. The third-order valence-electron chi connectivity index (χ3n) is 5.62. The van der Waals surface area contributed by atoms with E-state index < -0.39 is 33.8 Å². The number of halogens is 7. The first kappa shape index (κ1) is 28.0. The summed E-state index contributed by atoms with van der Waals surface area (Å²) < 4.78 is 12.2. The highest BCUT2D eigenvalue weighted by Gasteiger charge is 2.67. The Hall–Kier alpha value is -1.97. The van der Waals surface area contributed by atoms with Crippen LogP contribution < -0.4 is 16.1 Å². The SMILES string of the molecule is CONc1cc(F)ccc1NC(=O)c1cc(NC(=O)C2[C@H](c3cc(Cl)c(Cl)c(Cl)c3)C2(Cl)Cl)ccc1Cl. The zero-order chi connectivity index (χ0) is 27.1. The van der Waals surface area contributed by atoms with Crippen molar-refractivity contribution in [2.45, 2.75) is 10.3 Å². The van der Waals surface area contributed by atoms with E-state index in [9.17, 15) is 14.0 Å². The Morgan fingerprint density at radius 3 is 2.22 bits per heavy atom. The summed E-state index contributed by atoms with van der Waals surface area (Å²) in [7, 11) is 1.34. The molecule has 13 heteroatoms. The van der Waals surface area contributed by atoms with Crippen LogP contribution >= 0.6 is 69.6 Å². The van der Waals surface area contributed by atoms with Gasteiger partial charge >= 0.3 is 0 Å². The standard InChI is InChI=1S/C24H16Cl6FN3O3/c1-37-34-18-8-11(31)2-5-17(18)33-22(35)13-9-12(3-4-14(13)25)32-23(36)20-19(24(20,29)30)10-6-15(26)21(28)16(27)7-10/h2-9,19-20,34H,1H3,(H,32,36)(H,33,35)/t19-,20?/m0/s1. The first-order valence-electron chi connectivity index (χ1n) is 10.5. The molecule has 0 bridgehead atoms. The third kappa shape index (κ3) is 5.88. The van der Waals surface area contributed by atoms with Gasteiger partial charge in [0.2, 0.25) is 5.91 Å². The minimum atomic E-state index is -1.41. The lowest BCUT2D eigenvalue weighted by Gasteiger charge is -2.13. The van der Waals surface area contributed by atoms with Gasteiger partial charge in [-0.15, -0.1) is 23.2 Å². The van der Waals surface area contributed by atoms with Gasteiger partial charge in [-0.3, -0.25) is 19.9 Å². The van der Waals surface area contributed by atoms with Crippen LogP contribution in [-0.2, 0) is 9.63 Å². The van der Waals surface area contributed by atoms with Gasteiger partial charge in [0.1, 0.15) is 10.2 Å². The molecule has 3 aromatic rings. The Bertz CT molecular complexity index is 1380. The smallest absolute Gasteiger partial charge is 0.257 e. The Kier molecular flexibility index (Phi) is 8.36. The molecule has 37 heavy (non-hydrogen) atoms. The van der Waals surface area contributed by atoms with Crippen LogP contribution in [0.1, 0.15) is 21.8 Å². The molecular formula is C24H16Cl6FN3O3. The Morgan fingerprint density at radius 2 is 1.57 bits per heavy atom. The zero-order valence-corrected chi connectivity index (χ0v) is 23.2. The number of carbonyl (C=O) groups excluding carboxylic acids is 2. The van der Waals surface area contributed by atoms with E-state index >= 15 is 0 Å². The molecule has 6 nitrogen and oxygen atoms in total. The van der Waals surface area contributed by atoms with E-state index in [4.69, 9.17) is 74.4 Å². The van der Waals surface area contributed by atoms with Crippen LogP contribution in [0.2, 0.25) is 20.1 Å². The van der Waals surface area contributed by atoms with Crippen molar-refractivity contribution in [1.29, 1.82) is 0 Å². The van der Waals surface area contributed by atoms with Gasteiger partial charge in [-0.2, -0.15) is 0 Å². The van der Waals surface area contributed by atoms with Crippen molar-refractivity contribution in [2.24, 2.45) is 5.92 Å². The minimum Gasteiger partial charge on any atom is -0.326 e. The predicted octanol–water partition coefficient (Wildman–Crippen LogP) is 8.19. The summed E-state index contributed by atoms with van der Waals surface area (Å²) in [6.07, 6.45) is 0. The van der Waals surface area contributed by atoms with E-state index in [1.165, 1.54) is 37.4 Å². The summed E-state index contributed by atoms with van der Waals surface area (Å²) in [6, 6.07) is 11.1. The van der Waals surface area contributed by atoms with E-state index in [2.05, 4.69) is 16.1 Å². The van der Waals surface area contributed by atoms with E-state index in [1.54, 1.807) is 12.1 Å². The van der Waals surface area contributed by atoms with Crippen molar-refractivity contribution in [2.75, 3.05) is 23.2 Å². The van der Waals surface area contributed by atoms with Crippen LogP contribution in [0.5, 0.6) is 0 Å². The first-order valence-corrected chi connectivity index (χ1v) is 12.7. The van der Waals surface area contributed by atoms with Gasteiger partial charge in [-0.05, 0) is 48.0 Å². The highest BCUT2D eigenvalue weighted by molar-refractivity contribution is 6.54. The predicted molar refractivity (Wildman–Crippen MR) is 147 cm³/mol. The molecule has 4 rings (SSSR count). The largest absolute Gasteiger partial charge is 0.326 e. The van der Waals surface area contributed by atoms with Gasteiger partial charge < -0.3 is 10.6 Å². The molecular weight excluding hydrogens is 610 g/mol. The molecule has 0 saturated heterocycles. The minimum absolute atomic E-state index is 0.0544. The molecule has 1 saturated carbocycles. The summed E-state index contributed by atoms with van der Waals surface area (Å²) in [5.41, 5.74) is 3.81. The topological polar surface area (TPSA) is 79.5 Å². The van der Waals surface area contributed by atoms with Crippen molar-refractivity contribution in [3.8, 4) is 0 Å². The van der Waals surface area contributed by atoms with Gasteiger partial charge in [0.25, 0.3) is 5.91 Å². The summed E-state index contributed by atoms with van der Waals surface area (Å²) in [5.74, 6) is -3.06. The van der Waals surface area contributed by atoms with E-state index in [-0.39, 0.29) is 42.7 Å². The van der Waals surface area contributed by atoms with Crippen LogP contribution in [0.25, 0.3) is 0 Å². The van der Waals surface area contributed by atoms with Crippen LogP contribution in [0.4, 0.5) is 21.5 Å². The van der Waals surface area contributed by atoms with Gasteiger partial charge in [0.15, 0.2) is 0 Å². The molecule has 0 heterocycles. The van der Waals surface area contributed by atoms with Crippen molar-refractivity contribution in [1.82, 2.24) is 0 Å². The maximum atomic E-state index is 13.6. The number of hydrogen-bond donors (Lipinski definition) is 3. The van der Waals surface area contributed by atoms with Crippen LogP contribution in [0, 0.1) is 11.7 Å². The molecule has 1 aliphatic carbocycles. The second-order valence-corrected chi connectivity index (χ2v) is 11.1. The highest BCUT2D eigenvalue weighted by atomic mass is 35.5. The summed E-state index contributed by atoms with van der Waals surface area (Å²) in [5, 5.41) is 6.05. The quantitative estimate of drug-likeness (QED) is 0.141. The number of carbonyl (C=O) groups is 2.